The highest BCUT2D eigenvalue weighted by molar-refractivity contribution is 7.91. The first kappa shape index (κ1) is 16.1. The van der Waals surface area contributed by atoms with Crippen molar-refractivity contribution in [2.75, 3.05) is 0 Å². The van der Waals surface area contributed by atoms with Gasteiger partial charge in [0.25, 0.3) is 0 Å². The van der Waals surface area contributed by atoms with Gasteiger partial charge in [-0.15, -0.1) is 11.3 Å². The van der Waals surface area contributed by atoms with Crippen molar-refractivity contribution in [3.8, 4) is 0 Å². The van der Waals surface area contributed by atoms with Crippen LogP contribution in [-0.2, 0) is 22.9 Å². The number of rotatable bonds is 3. The van der Waals surface area contributed by atoms with Crippen molar-refractivity contribution in [1.29, 1.82) is 0 Å². The van der Waals surface area contributed by atoms with E-state index in [1.807, 2.05) is 0 Å². The lowest BCUT2D eigenvalue weighted by Crippen LogP contribution is -2.38. The Bertz CT molecular complexity index is 1030. The Morgan fingerprint density at radius 2 is 2.12 bits per heavy atom. The molecule has 2 heterocycles. The molecule has 2 aromatic heterocycles. The van der Waals surface area contributed by atoms with Crippen LogP contribution < -0.4 is 4.72 Å². The largest absolute Gasteiger partial charge is 0.358 e. The first-order valence-corrected chi connectivity index (χ1v) is 10.2. The van der Waals surface area contributed by atoms with E-state index in [9.17, 15) is 12.8 Å². The van der Waals surface area contributed by atoms with Gasteiger partial charge >= 0.3 is 0 Å². The number of thiophene rings is 1. The van der Waals surface area contributed by atoms with Gasteiger partial charge in [0.05, 0.1) is 4.34 Å². The van der Waals surface area contributed by atoms with Crippen molar-refractivity contribution in [1.82, 2.24) is 9.71 Å². The van der Waals surface area contributed by atoms with Gasteiger partial charge in [-0.05, 0) is 55.2 Å². The van der Waals surface area contributed by atoms with Crippen LogP contribution in [0.4, 0.5) is 4.39 Å². The first-order valence-electron chi connectivity index (χ1n) is 7.49. The van der Waals surface area contributed by atoms with Crippen molar-refractivity contribution >= 4 is 43.9 Å². The van der Waals surface area contributed by atoms with Crippen LogP contribution in [0.15, 0.2) is 34.5 Å². The normalized spacial score (nSPS) is 18.0. The van der Waals surface area contributed by atoms with Crippen LogP contribution in [0.3, 0.4) is 0 Å². The number of aromatic amines is 1. The topological polar surface area (TPSA) is 62.0 Å². The maximum absolute atomic E-state index is 13.5. The molecule has 0 fully saturated rings. The van der Waals surface area contributed by atoms with Crippen LogP contribution in [0.1, 0.15) is 17.7 Å². The Morgan fingerprint density at radius 1 is 1.29 bits per heavy atom. The monoisotopic (exact) mass is 384 g/mol. The minimum Gasteiger partial charge on any atom is -0.358 e. The summed E-state index contributed by atoms with van der Waals surface area (Å²) in [6.07, 6.45) is 1.96. The molecule has 2 N–H and O–H groups in total. The summed E-state index contributed by atoms with van der Waals surface area (Å²) in [5.74, 6) is -0.291. The third-order valence-electron chi connectivity index (χ3n) is 4.29. The molecule has 24 heavy (non-hydrogen) atoms. The maximum Gasteiger partial charge on any atom is 0.250 e. The summed E-state index contributed by atoms with van der Waals surface area (Å²) in [4.78, 5) is 3.30. The predicted octanol–water partition coefficient (Wildman–Crippen LogP) is 3.86. The number of fused-ring (bicyclic) bond motifs is 3. The molecule has 3 aromatic rings. The lowest BCUT2D eigenvalue weighted by Gasteiger charge is -2.23. The highest BCUT2D eigenvalue weighted by Crippen LogP contribution is 2.31. The molecule has 0 amide bonds. The van der Waals surface area contributed by atoms with Crippen molar-refractivity contribution in [3.05, 3.63) is 51.7 Å². The minimum absolute atomic E-state index is 0.211. The van der Waals surface area contributed by atoms with Gasteiger partial charge in [-0.2, -0.15) is 0 Å². The first-order chi connectivity index (χ1) is 11.4. The second-order valence-electron chi connectivity index (χ2n) is 5.89. The number of halogens is 2. The molecule has 0 bridgehead atoms. The van der Waals surface area contributed by atoms with Gasteiger partial charge in [0.15, 0.2) is 0 Å². The van der Waals surface area contributed by atoms with E-state index < -0.39 is 10.0 Å². The summed E-state index contributed by atoms with van der Waals surface area (Å²) < 4.78 is 41.8. The number of benzene rings is 1. The van der Waals surface area contributed by atoms with Gasteiger partial charge in [-0.1, -0.05) is 11.6 Å². The number of aromatic nitrogens is 1. The molecule has 0 spiro atoms. The molecule has 1 aliphatic carbocycles. The van der Waals surface area contributed by atoms with Gasteiger partial charge in [-0.25, -0.2) is 17.5 Å². The molecular weight excluding hydrogens is 371 g/mol. The van der Waals surface area contributed by atoms with Gasteiger partial charge in [0.2, 0.25) is 10.0 Å². The van der Waals surface area contributed by atoms with Gasteiger partial charge < -0.3 is 4.98 Å². The highest BCUT2D eigenvalue weighted by Gasteiger charge is 2.27. The van der Waals surface area contributed by atoms with Crippen LogP contribution in [-0.4, -0.2) is 19.4 Å². The molecule has 1 aliphatic rings. The van der Waals surface area contributed by atoms with E-state index in [4.69, 9.17) is 11.6 Å². The minimum atomic E-state index is -3.59. The van der Waals surface area contributed by atoms with Crippen LogP contribution in [0.25, 0.3) is 10.9 Å². The molecule has 126 valence electrons. The second kappa shape index (κ2) is 5.84. The van der Waals surface area contributed by atoms with E-state index in [2.05, 4.69) is 9.71 Å². The van der Waals surface area contributed by atoms with Crippen LogP contribution in [0, 0.1) is 5.82 Å². The zero-order chi connectivity index (χ0) is 16.9. The van der Waals surface area contributed by atoms with Gasteiger partial charge in [0, 0.05) is 22.6 Å². The average molecular weight is 385 g/mol. The third kappa shape index (κ3) is 2.86. The summed E-state index contributed by atoms with van der Waals surface area (Å²) in [6.45, 7) is 0. The maximum atomic E-state index is 13.5. The molecule has 4 nitrogen and oxygen atoms in total. The molecule has 1 unspecified atom stereocenters. The molecule has 1 aromatic carbocycles. The molecule has 0 aliphatic heterocycles. The fraction of sp³-hybridized carbons (Fsp3) is 0.250. The van der Waals surface area contributed by atoms with E-state index in [0.717, 1.165) is 39.9 Å². The summed E-state index contributed by atoms with van der Waals surface area (Å²) in [5, 5.41) is 0.827. The highest BCUT2D eigenvalue weighted by atomic mass is 35.5. The standard InChI is InChI=1S/C16H14ClFN2O2S2/c17-15-5-6-16(23-15)24(21,22)20-10-2-4-14-12(8-10)11-7-9(18)1-3-13(11)19-14/h1,3,5-7,10,19-20H,2,4,8H2. The Kier molecular flexibility index (Phi) is 3.91. The Labute approximate surface area is 147 Å². The van der Waals surface area contributed by atoms with E-state index in [1.165, 1.54) is 18.2 Å². The lowest BCUT2D eigenvalue weighted by atomic mass is 9.92. The summed E-state index contributed by atoms with van der Waals surface area (Å²) >= 11 is 6.86. The number of sulfonamides is 1. The summed E-state index contributed by atoms with van der Waals surface area (Å²) in [6, 6.07) is 7.50. The SMILES string of the molecule is O=S(=O)(NC1CCc2[nH]c3ccc(F)cc3c2C1)c1ccc(Cl)s1. The summed E-state index contributed by atoms with van der Waals surface area (Å²) in [5.41, 5.74) is 2.94. The van der Waals surface area contributed by atoms with Gasteiger partial charge in [-0.3, -0.25) is 0 Å². The predicted molar refractivity (Wildman–Crippen MR) is 93.7 cm³/mol. The molecule has 0 saturated carbocycles. The van der Waals surface area contributed by atoms with E-state index in [1.54, 1.807) is 12.1 Å². The average Bonchev–Trinajstić information content (AvgIpc) is 3.11. The van der Waals surface area contributed by atoms with Crippen molar-refractivity contribution in [2.24, 2.45) is 0 Å². The van der Waals surface area contributed by atoms with Crippen molar-refractivity contribution < 1.29 is 12.8 Å². The quantitative estimate of drug-likeness (QED) is 0.720. The number of H-pyrrole nitrogens is 1. The van der Waals surface area contributed by atoms with Crippen LogP contribution in [0.2, 0.25) is 4.34 Å². The number of hydrogen-bond donors (Lipinski definition) is 2. The van der Waals surface area contributed by atoms with Crippen LogP contribution in [0.5, 0.6) is 0 Å². The zero-order valence-corrected chi connectivity index (χ0v) is 14.9. The van der Waals surface area contributed by atoms with E-state index >= 15 is 0 Å². The molecule has 0 saturated heterocycles. The third-order valence-corrected chi connectivity index (χ3v) is 7.53. The van der Waals surface area contributed by atoms with Gasteiger partial charge in [0.1, 0.15) is 10.0 Å². The lowest BCUT2D eigenvalue weighted by molar-refractivity contribution is 0.507. The number of nitrogens with one attached hydrogen (secondary N) is 2. The fourth-order valence-electron chi connectivity index (χ4n) is 3.21. The summed E-state index contributed by atoms with van der Waals surface area (Å²) in [7, 11) is -3.59. The Morgan fingerprint density at radius 3 is 2.88 bits per heavy atom. The van der Waals surface area contributed by atoms with Crippen molar-refractivity contribution in [2.45, 2.75) is 29.5 Å². The molecule has 1 atom stereocenters. The number of aryl methyl sites for hydroxylation is 1. The molecule has 0 radical (unpaired) electrons. The van der Waals surface area contributed by atoms with E-state index in [0.29, 0.717) is 17.2 Å². The van der Waals surface area contributed by atoms with Crippen molar-refractivity contribution in [3.63, 3.8) is 0 Å². The number of hydrogen-bond acceptors (Lipinski definition) is 3. The molecular formula is C16H14ClFN2O2S2. The van der Waals surface area contributed by atoms with E-state index in [-0.39, 0.29) is 16.1 Å². The Balaban J connectivity index is 1.62. The zero-order valence-electron chi connectivity index (χ0n) is 12.5. The fourth-order valence-corrected chi connectivity index (χ4v) is 5.98. The second-order valence-corrected chi connectivity index (χ2v) is 9.55. The van der Waals surface area contributed by atoms with Crippen LogP contribution >= 0.6 is 22.9 Å². The Hall–Kier alpha value is -1.41. The molecule has 4 rings (SSSR count). The smallest absolute Gasteiger partial charge is 0.250 e. The molecule has 8 heteroatoms.